The minimum Gasteiger partial charge on any atom is -0.497 e. The highest BCUT2D eigenvalue weighted by molar-refractivity contribution is 5.68. The van der Waals surface area contributed by atoms with Crippen LogP contribution >= 0.6 is 0 Å². The van der Waals surface area contributed by atoms with E-state index < -0.39 is 0 Å². The second-order valence-corrected chi connectivity index (χ2v) is 5.92. The minimum atomic E-state index is 0.663. The third-order valence-corrected chi connectivity index (χ3v) is 3.98. The van der Waals surface area contributed by atoms with Crippen molar-refractivity contribution in [2.24, 2.45) is 0 Å². The van der Waals surface area contributed by atoms with Crippen molar-refractivity contribution in [3.8, 4) is 11.5 Å². The number of nitrogens with zero attached hydrogens (tertiary/aromatic N) is 2. The fraction of sp³-hybridized carbons (Fsp3) is 0.200. The Morgan fingerprint density at radius 2 is 1.46 bits per heavy atom. The normalized spacial score (nSPS) is 10.3. The van der Waals surface area contributed by atoms with Gasteiger partial charge < -0.3 is 20.1 Å². The molecule has 0 atom stereocenters. The van der Waals surface area contributed by atoms with Crippen LogP contribution in [-0.4, -0.2) is 24.2 Å². The van der Waals surface area contributed by atoms with Gasteiger partial charge in [0.25, 0.3) is 0 Å². The Labute approximate surface area is 153 Å². The van der Waals surface area contributed by atoms with Crippen molar-refractivity contribution in [1.29, 1.82) is 0 Å². The van der Waals surface area contributed by atoms with Gasteiger partial charge in [0.1, 0.15) is 29.5 Å². The highest BCUT2D eigenvalue weighted by Crippen LogP contribution is 2.31. The predicted molar refractivity (Wildman–Crippen MR) is 104 cm³/mol. The lowest BCUT2D eigenvalue weighted by Crippen LogP contribution is -2.01. The van der Waals surface area contributed by atoms with Crippen LogP contribution in [0, 0.1) is 13.8 Å². The van der Waals surface area contributed by atoms with E-state index in [0.717, 1.165) is 22.7 Å². The number of ether oxygens (including phenoxy) is 2. The van der Waals surface area contributed by atoms with Crippen LogP contribution in [0.1, 0.15) is 11.1 Å². The summed E-state index contributed by atoms with van der Waals surface area (Å²) >= 11 is 0. The zero-order chi connectivity index (χ0) is 18.5. The number of hydrogen-bond acceptors (Lipinski definition) is 6. The summed E-state index contributed by atoms with van der Waals surface area (Å²) in [5.41, 5.74) is 4.20. The van der Waals surface area contributed by atoms with Gasteiger partial charge in [-0.2, -0.15) is 0 Å². The van der Waals surface area contributed by atoms with Crippen LogP contribution in [0.2, 0.25) is 0 Å². The molecule has 0 saturated carbocycles. The smallest absolute Gasteiger partial charge is 0.146 e. The SMILES string of the molecule is COc1ccc(Nc2cc(Nc3ccc(C)cc3C)ncn2)c(OC)c1. The maximum Gasteiger partial charge on any atom is 0.146 e. The fourth-order valence-corrected chi connectivity index (χ4v) is 2.63. The third-order valence-electron chi connectivity index (χ3n) is 3.98. The molecule has 1 heterocycles. The molecule has 0 spiro atoms. The second kappa shape index (κ2) is 7.74. The molecule has 3 rings (SSSR count). The van der Waals surface area contributed by atoms with E-state index in [0.29, 0.717) is 17.4 Å². The summed E-state index contributed by atoms with van der Waals surface area (Å²) in [5, 5.41) is 6.58. The van der Waals surface area contributed by atoms with Crippen LogP contribution in [0.4, 0.5) is 23.0 Å². The first kappa shape index (κ1) is 17.5. The van der Waals surface area contributed by atoms with Crippen LogP contribution in [0.3, 0.4) is 0 Å². The maximum atomic E-state index is 5.41. The number of benzene rings is 2. The van der Waals surface area contributed by atoms with Gasteiger partial charge >= 0.3 is 0 Å². The summed E-state index contributed by atoms with van der Waals surface area (Å²) in [6.07, 6.45) is 1.52. The van der Waals surface area contributed by atoms with E-state index in [1.54, 1.807) is 14.2 Å². The molecule has 0 radical (unpaired) electrons. The number of methoxy groups -OCH3 is 2. The van der Waals surface area contributed by atoms with Gasteiger partial charge in [-0.3, -0.25) is 0 Å². The van der Waals surface area contributed by atoms with Gasteiger partial charge in [0, 0.05) is 17.8 Å². The van der Waals surface area contributed by atoms with Crippen molar-refractivity contribution >= 4 is 23.0 Å². The third kappa shape index (κ3) is 4.03. The van der Waals surface area contributed by atoms with Gasteiger partial charge in [-0.05, 0) is 37.6 Å². The van der Waals surface area contributed by atoms with Crippen LogP contribution in [-0.2, 0) is 0 Å². The monoisotopic (exact) mass is 350 g/mol. The number of aryl methyl sites for hydroxylation is 2. The Morgan fingerprint density at radius 1 is 0.769 bits per heavy atom. The summed E-state index contributed by atoms with van der Waals surface area (Å²) in [7, 11) is 3.24. The lowest BCUT2D eigenvalue weighted by molar-refractivity contribution is 0.395. The molecule has 0 bridgehead atoms. The fourth-order valence-electron chi connectivity index (χ4n) is 2.63. The molecule has 0 unspecified atom stereocenters. The molecule has 0 aliphatic heterocycles. The van der Waals surface area contributed by atoms with Crippen molar-refractivity contribution in [1.82, 2.24) is 9.97 Å². The summed E-state index contributed by atoms with van der Waals surface area (Å²) in [4.78, 5) is 8.58. The van der Waals surface area contributed by atoms with Crippen molar-refractivity contribution in [3.63, 3.8) is 0 Å². The Morgan fingerprint density at radius 3 is 2.12 bits per heavy atom. The number of anilines is 4. The van der Waals surface area contributed by atoms with E-state index >= 15 is 0 Å². The van der Waals surface area contributed by atoms with Crippen LogP contribution in [0.5, 0.6) is 11.5 Å². The molecule has 2 N–H and O–H groups in total. The van der Waals surface area contributed by atoms with E-state index in [9.17, 15) is 0 Å². The average Bonchev–Trinajstić information content (AvgIpc) is 2.65. The van der Waals surface area contributed by atoms with Crippen molar-refractivity contribution in [3.05, 3.63) is 59.9 Å². The van der Waals surface area contributed by atoms with Gasteiger partial charge in [-0.1, -0.05) is 17.7 Å². The van der Waals surface area contributed by atoms with E-state index in [1.165, 1.54) is 11.9 Å². The lowest BCUT2D eigenvalue weighted by atomic mass is 10.1. The molecule has 0 aliphatic carbocycles. The van der Waals surface area contributed by atoms with E-state index in [-0.39, 0.29) is 0 Å². The predicted octanol–water partition coefficient (Wildman–Crippen LogP) is 4.60. The van der Waals surface area contributed by atoms with Crippen LogP contribution < -0.4 is 20.1 Å². The molecule has 134 valence electrons. The van der Waals surface area contributed by atoms with Crippen molar-refractivity contribution < 1.29 is 9.47 Å². The molecule has 0 amide bonds. The molecular weight excluding hydrogens is 328 g/mol. The van der Waals surface area contributed by atoms with Crippen molar-refractivity contribution in [2.45, 2.75) is 13.8 Å². The van der Waals surface area contributed by atoms with Gasteiger partial charge in [0.05, 0.1) is 19.9 Å². The van der Waals surface area contributed by atoms with Crippen LogP contribution in [0.25, 0.3) is 0 Å². The number of hydrogen-bond donors (Lipinski definition) is 2. The largest absolute Gasteiger partial charge is 0.497 e. The highest BCUT2D eigenvalue weighted by atomic mass is 16.5. The summed E-state index contributed by atoms with van der Waals surface area (Å²) in [5.74, 6) is 2.77. The Bertz CT molecular complexity index is 912. The molecule has 6 nitrogen and oxygen atoms in total. The summed E-state index contributed by atoms with van der Waals surface area (Å²) in [6.45, 7) is 4.14. The lowest BCUT2D eigenvalue weighted by Gasteiger charge is -2.13. The zero-order valence-corrected chi connectivity index (χ0v) is 15.3. The summed E-state index contributed by atoms with van der Waals surface area (Å²) in [6, 6.07) is 13.7. The first-order valence-corrected chi connectivity index (χ1v) is 8.24. The molecule has 0 aliphatic rings. The second-order valence-electron chi connectivity index (χ2n) is 5.92. The first-order valence-electron chi connectivity index (χ1n) is 8.24. The Balaban J connectivity index is 1.81. The number of nitrogens with one attached hydrogen (secondary N) is 2. The molecule has 3 aromatic rings. The topological polar surface area (TPSA) is 68.3 Å². The van der Waals surface area contributed by atoms with Gasteiger partial charge in [-0.25, -0.2) is 9.97 Å². The maximum absolute atomic E-state index is 5.41. The minimum absolute atomic E-state index is 0.663. The molecule has 1 aromatic heterocycles. The van der Waals surface area contributed by atoms with E-state index in [1.807, 2.05) is 30.3 Å². The van der Waals surface area contributed by atoms with Crippen molar-refractivity contribution in [2.75, 3.05) is 24.9 Å². The van der Waals surface area contributed by atoms with Gasteiger partial charge in [-0.15, -0.1) is 0 Å². The molecule has 6 heteroatoms. The van der Waals surface area contributed by atoms with Gasteiger partial charge in [0.2, 0.25) is 0 Å². The molecular formula is C20H22N4O2. The Hall–Kier alpha value is -3.28. The Kier molecular flexibility index (Phi) is 5.22. The molecule has 0 fully saturated rings. The number of rotatable bonds is 6. The standard InChI is InChI=1S/C20H22N4O2/c1-13-5-7-16(14(2)9-13)23-19-11-20(22-12-21-19)24-17-8-6-15(25-3)10-18(17)26-4/h5-12H,1-4H3,(H2,21,22,23,24). The average molecular weight is 350 g/mol. The molecule has 26 heavy (non-hydrogen) atoms. The molecule has 0 saturated heterocycles. The van der Waals surface area contributed by atoms with E-state index in [4.69, 9.17) is 9.47 Å². The number of aromatic nitrogens is 2. The van der Waals surface area contributed by atoms with Gasteiger partial charge in [0.15, 0.2) is 0 Å². The van der Waals surface area contributed by atoms with Crippen LogP contribution in [0.15, 0.2) is 48.8 Å². The van der Waals surface area contributed by atoms with E-state index in [2.05, 4.69) is 46.6 Å². The zero-order valence-electron chi connectivity index (χ0n) is 15.3. The quantitative estimate of drug-likeness (QED) is 0.677. The molecule has 2 aromatic carbocycles. The highest BCUT2D eigenvalue weighted by Gasteiger charge is 2.07. The summed E-state index contributed by atoms with van der Waals surface area (Å²) < 4.78 is 10.6. The first-order chi connectivity index (χ1) is 12.6.